The second-order valence-electron chi connectivity index (χ2n) is 7.06. The molecule has 4 rings (SSSR count). The lowest BCUT2D eigenvalue weighted by molar-refractivity contribution is -0.954. The Kier molecular flexibility index (Phi) is 5.52. The van der Waals surface area contributed by atoms with E-state index in [0.29, 0.717) is 12.6 Å². The third kappa shape index (κ3) is 3.72. The smallest absolute Gasteiger partial charge is 0.202 e. The van der Waals surface area contributed by atoms with Gasteiger partial charge in [-0.3, -0.25) is 0 Å². The van der Waals surface area contributed by atoms with Crippen LogP contribution < -0.4 is 14.4 Å². The molecule has 1 aliphatic rings. The number of quaternary nitrogens is 1. The van der Waals surface area contributed by atoms with E-state index in [2.05, 4.69) is 18.4 Å². The lowest BCUT2D eigenvalue weighted by atomic mass is 10.0. The number of ether oxygens (including phenoxy) is 2. The molecule has 8 heteroatoms. The number of nitrogens with one attached hydrogen (secondary N) is 1. The molecule has 3 heterocycles. The van der Waals surface area contributed by atoms with Crippen molar-refractivity contribution in [2.24, 2.45) is 7.05 Å². The standard InChI is InChI=1S/C20H24N4O2S2/c1-14-17-9-11-28-18(17)8-10-23(14)13-24-20(27)22(2)19(21-24)12-26-16-6-4-15(25-3)5-7-16/h4-7,9,11,14H,8,10,12-13H2,1-3H3/p+1/t14-/m1/s1. The summed E-state index contributed by atoms with van der Waals surface area (Å²) in [6.45, 7) is 4.54. The Balaban J connectivity index is 1.45. The maximum Gasteiger partial charge on any atom is 0.202 e. The highest BCUT2D eigenvalue weighted by atomic mass is 32.1. The molecule has 0 amide bonds. The van der Waals surface area contributed by atoms with Gasteiger partial charge in [0.25, 0.3) is 0 Å². The van der Waals surface area contributed by atoms with Crippen LogP contribution in [0.25, 0.3) is 0 Å². The van der Waals surface area contributed by atoms with E-state index < -0.39 is 0 Å². The number of nitrogens with zero attached hydrogens (tertiary/aromatic N) is 3. The van der Waals surface area contributed by atoms with Crippen LogP contribution in [-0.4, -0.2) is 28.0 Å². The van der Waals surface area contributed by atoms with Gasteiger partial charge in [0.05, 0.1) is 13.7 Å². The van der Waals surface area contributed by atoms with Crippen molar-refractivity contribution in [3.05, 3.63) is 56.7 Å². The van der Waals surface area contributed by atoms with Crippen molar-refractivity contribution in [3.8, 4) is 11.5 Å². The highest BCUT2D eigenvalue weighted by molar-refractivity contribution is 7.71. The second kappa shape index (κ2) is 8.06. The average Bonchev–Trinajstić information content (AvgIpc) is 3.30. The maximum atomic E-state index is 5.88. The molecule has 0 saturated carbocycles. The minimum atomic E-state index is 0.374. The van der Waals surface area contributed by atoms with E-state index >= 15 is 0 Å². The normalized spacial score (nSPS) is 18.7. The summed E-state index contributed by atoms with van der Waals surface area (Å²) in [5, 5.41) is 6.94. The van der Waals surface area contributed by atoms with Crippen molar-refractivity contribution < 1.29 is 14.4 Å². The van der Waals surface area contributed by atoms with Crippen LogP contribution in [0.1, 0.15) is 29.2 Å². The first kappa shape index (κ1) is 19.2. The molecule has 1 aliphatic heterocycles. The molecular formula is C20H25N4O2S2+. The van der Waals surface area contributed by atoms with E-state index in [-0.39, 0.29) is 0 Å². The molecule has 0 aliphatic carbocycles. The maximum absolute atomic E-state index is 5.88. The van der Waals surface area contributed by atoms with Crippen LogP contribution in [0.3, 0.4) is 0 Å². The fourth-order valence-electron chi connectivity index (χ4n) is 3.64. The van der Waals surface area contributed by atoms with Crippen LogP contribution in [-0.2, 0) is 26.7 Å². The Morgan fingerprint density at radius 1 is 1.25 bits per heavy atom. The summed E-state index contributed by atoms with van der Waals surface area (Å²) < 4.78 is 15.7. The van der Waals surface area contributed by atoms with Gasteiger partial charge in [-0.1, -0.05) is 0 Å². The van der Waals surface area contributed by atoms with Crippen LogP contribution in [0.4, 0.5) is 0 Å². The van der Waals surface area contributed by atoms with Gasteiger partial charge >= 0.3 is 0 Å². The Morgan fingerprint density at radius 3 is 2.75 bits per heavy atom. The predicted molar refractivity (Wildman–Crippen MR) is 112 cm³/mol. The first-order chi connectivity index (χ1) is 13.6. The highest BCUT2D eigenvalue weighted by Crippen LogP contribution is 2.24. The van der Waals surface area contributed by atoms with Gasteiger partial charge in [0, 0.05) is 23.9 Å². The molecule has 2 atom stereocenters. The molecule has 0 spiro atoms. The van der Waals surface area contributed by atoms with Crippen molar-refractivity contribution in [1.29, 1.82) is 0 Å². The van der Waals surface area contributed by atoms with Crippen molar-refractivity contribution in [1.82, 2.24) is 14.3 Å². The van der Waals surface area contributed by atoms with Crippen LogP contribution in [0.5, 0.6) is 11.5 Å². The fourth-order valence-corrected chi connectivity index (χ4v) is 4.83. The highest BCUT2D eigenvalue weighted by Gasteiger charge is 2.29. The van der Waals surface area contributed by atoms with E-state index in [0.717, 1.165) is 41.7 Å². The Morgan fingerprint density at radius 2 is 2.00 bits per heavy atom. The van der Waals surface area contributed by atoms with Crippen molar-refractivity contribution in [2.75, 3.05) is 13.7 Å². The van der Waals surface area contributed by atoms with E-state index in [1.807, 2.05) is 51.9 Å². The van der Waals surface area contributed by atoms with Gasteiger partial charge in [-0.2, -0.15) is 4.68 Å². The average molecular weight is 418 g/mol. The number of hydrogen-bond donors (Lipinski definition) is 1. The fraction of sp³-hybridized carbons (Fsp3) is 0.400. The van der Waals surface area contributed by atoms with E-state index in [1.165, 1.54) is 15.3 Å². The van der Waals surface area contributed by atoms with Crippen LogP contribution in [0, 0.1) is 4.77 Å². The van der Waals surface area contributed by atoms with E-state index in [1.54, 1.807) is 7.11 Å². The molecule has 1 N–H and O–H groups in total. The molecule has 6 nitrogen and oxygen atoms in total. The molecule has 2 aromatic heterocycles. The molecule has 1 unspecified atom stereocenters. The Labute approximate surface area is 173 Å². The molecule has 148 valence electrons. The number of methoxy groups -OCH3 is 1. The third-order valence-corrected chi connectivity index (χ3v) is 6.92. The first-order valence-corrected chi connectivity index (χ1v) is 10.7. The van der Waals surface area contributed by atoms with Gasteiger partial charge in [-0.25, -0.2) is 0 Å². The van der Waals surface area contributed by atoms with Crippen molar-refractivity contribution >= 4 is 23.6 Å². The molecule has 3 aromatic rings. The first-order valence-electron chi connectivity index (χ1n) is 9.37. The Bertz CT molecular complexity index is 1010. The van der Waals surface area contributed by atoms with Crippen LogP contribution in [0.2, 0.25) is 0 Å². The molecule has 0 bridgehead atoms. The van der Waals surface area contributed by atoms with Crippen molar-refractivity contribution in [2.45, 2.75) is 32.7 Å². The number of benzene rings is 1. The molecule has 0 saturated heterocycles. The molecule has 28 heavy (non-hydrogen) atoms. The number of thiophene rings is 1. The van der Waals surface area contributed by atoms with Gasteiger partial charge in [-0.15, -0.1) is 16.4 Å². The van der Waals surface area contributed by atoms with E-state index in [9.17, 15) is 0 Å². The van der Waals surface area contributed by atoms with Crippen LogP contribution in [0.15, 0.2) is 35.7 Å². The predicted octanol–water partition coefficient (Wildman–Crippen LogP) is 2.76. The van der Waals surface area contributed by atoms with Gasteiger partial charge in [-0.05, 0) is 54.9 Å². The monoisotopic (exact) mass is 417 g/mol. The largest absolute Gasteiger partial charge is 0.497 e. The quantitative estimate of drug-likeness (QED) is 0.627. The zero-order chi connectivity index (χ0) is 19.7. The zero-order valence-corrected chi connectivity index (χ0v) is 18.0. The zero-order valence-electron chi connectivity index (χ0n) is 16.3. The summed E-state index contributed by atoms with van der Waals surface area (Å²) in [6, 6.07) is 10.3. The van der Waals surface area contributed by atoms with Crippen LogP contribution >= 0.6 is 23.6 Å². The lowest BCUT2D eigenvalue weighted by Crippen LogP contribution is -3.12. The lowest BCUT2D eigenvalue weighted by Gasteiger charge is -2.30. The SMILES string of the molecule is COc1ccc(OCc2nn(C[NH+]3CCc4sccc4[C@H]3C)c(=S)n2C)cc1. The van der Waals surface area contributed by atoms with Gasteiger partial charge < -0.3 is 18.9 Å². The number of fused-ring (bicyclic) bond motifs is 1. The minimum absolute atomic E-state index is 0.374. The second-order valence-corrected chi connectivity index (χ2v) is 8.42. The summed E-state index contributed by atoms with van der Waals surface area (Å²) in [4.78, 5) is 3.01. The number of rotatable bonds is 6. The topological polar surface area (TPSA) is 45.6 Å². The van der Waals surface area contributed by atoms with Gasteiger partial charge in [0.15, 0.2) is 12.5 Å². The van der Waals surface area contributed by atoms with Gasteiger partial charge in [0.1, 0.15) is 24.1 Å². The molecule has 1 aromatic carbocycles. The third-order valence-electron chi connectivity index (χ3n) is 5.44. The number of hydrogen-bond acceptors (Lipinski definition) is 5. The summed E-state index contributed by atoms with van der Waals surface area (Å²) in [6.07, 6.45) is 1.13. The summed E-state index contributed by atoms with van der Waals surface area (Å²) in [5.74, 6) is 2.41. The molecule has 0 fully saturated rings. The summed E-state index contributed by atoms with van der Waals surface area (Å²) >= 11 is 7.50. The summed E-state index contributed by atoms with van der Waals surface area (Å²) in [7, 11) is 3.60. The Hall–Kier alpha value is -2.16. The number of aromatic nitrogens is 3. The molecule has 0 radical (unpaired) electrons. The van der Waals surface area contributed by atoms with Crippen molar-refractivity contribution in [3.63, 3.8) is 0 Å². The summed E-state index contributed by atoms with van der Waals surface area (Å²) in [5.41, 5.74) is 1.47. The molecular weight excluding hydrogens is 392 g/mol. The van der Waals surface area contributed by atoms with Gasteiger partial charge in [0.2, 0.25) is 4.77 Å². The minimum Gasteiger partial charge on any atom is -0.497 e. The van der Waals surface area contributed by atoms with E-state index in [4.69, 9.17) is 26.8 Å².